The molecule has 0 fully saturated rings. The monoisotopic (exact) mass is 337 g/mol. The van der Waals surface area contributed by atoms with Crippen LogP contribution in [-0.4, -0.2) is 14.5 Å². The van der Waals surface area contributed by atoms with E-state index in [-0.39, 0.29) is 32.4 Å². The normalized spacial score (nSPS) is 11.1. The zero-order chi connectivity index (χ0) is 16.0. The van der Waals surface area contributed by atoms with Crippen LogP contribution in [0.15, 0.2) is 29.1 Å². The second kappa shape index (κ2) is 5.34. The summed E-state index contributed by atoms with van der Waals surface area (Å²) < 4.78 is 15.4. The maximum absolute atomic E-state index is 14.0. The average molecular weight is 338 g/mol. The molecule has 0 unspecified atom stereocenters. The minimum Gasteiger partial charge on any atom is -0.298 e. The van der Waals surface area contributed by atoms with Gasteiger partial charge in [-0.1, -0.05) is 23.2 Å². The molecule has 7 heteroatoms. The van der Waals surface area contributed by atoms with Gasteiger partial charge in [-0.2, -0.15) is 0 Å². The van der Waals surface area contributed by atoms with Crippen LogP contribution in [0.4, 0.5) is 4.39 Å². The van der Waals surface area contributed by atoms with Gasteiger partial charge in [0.15, 0.2) is 5.52 Å². The number of fused-ring (bicyclic) bond motifs is 1. The summed E-state index contributed by atoms with van der Waals surface area (Å²) in [5, 5.41) is 0.525. The first-order valence-electron chi connectivity index (χ1n) is 6.38. The van der Waals surface area contributed by atoms with E-state index in [0.717, 1.165) is 0 Å². The molecule has 0 saturated heterocycles. The minimum atomic E-state index is -0.535. The molecule has 0 aliphatic carbocycles. The first-order chi connectivity index (χ1) is 10.4. The molecule has 22 heavy (non-hydrogen) atoms. The highest BCUT2D eigenvalue weighted by molar-refractivity contribution is 6.35. The van der Waals surface area contributed by atoms with Gasteiger partial charge in [0.05, 0.1) is 10.7 Å². The summed E-state index contributed by atoms with van der Waals surface area (Å²) in [7, 11) is 1.59. The third kappa shape index (κ3) is 2.36. The highest BCUT2D eigenvalue weighted by Crippen LogP contribution is 2.28. The Morgan fingerprint density at radius 3 is 2.55 bits per heavy atom. The Balaban J connectivity index is 2.36. The molecule has 2 aromatic heterocycles. The SMILES string of the molecule is Cc1nc2c(Cl)cc(-c3ccc(Cl)cc3F)nc2c(=O)n1C. The van der Waals surface area contributed by atoms with E-state index in [9.17, 15) is 9.18 Å². The third-order valence-electron chi connectivity index (χ3n) is 3.42. The Morgan fingerprint density at radius 1 is 1.14 bits per heavy atom. The van der Waals surface area contributed by atoms with Gasteiger partial charge in [-0.3, -0.25) is 9.36 Å². The van der Waals surface area contributed by atoms with Gasteiger partial charge >= 0.3 is 0 Å². The van der Waals surface area contributed by atoms with Gasteiger partial charge in [0.1, 0.15) is 17.2 Å². The van der Waals surface area contributed by atoms with E-state index in [2.05, 4.69) is 9.97 Å². The van der Waals surface area contributed by atoms with Crippen LogP contribution in [0.3, 0.4) is 0 Å². The number of nitrogens with zero attached hydrogens (tertiary/aromatic N) is 3. The van der Waals surface area contributed by atoms with Crippen LogP contribution in [0.5, 0.6) is 0 Å². The van der Waals surface area contributed by atoms with E-state index in [0.29, 0.717) is 11.3 Å². The lowest BCUT2D eigenvalue weighted by Crippen LogP contribution is -2.21. The molecule has 0 N–H and O–H groups in total. The maximum atomic E-state index is 14.0. The number of pyridine rings is 1. The number of halogens is 3. The fourth-order valence-electron chi connectivity index (χ4n) is 2.14. The summed E-state index contributed by atoms with van der Waals surface area (Å²) in [6.45, 7) is 1.70. The molecule has 0 amide bonds. The van der Waals surface area contributed by atoms with Crippen molar-refractivity contribution in [1.82, 2.24) is 14.5 Å². The van der Waals surface area contributed by atoms with Gasteiger partial charge in [-0.05, 0) is 31.2 Å². The number of aromatic nitrogens is 3. The standard InChI is InChI=1S/C15H10Cl2FN3O/c1-7-19-13-10(17)6-12(20-14(13)15(22)21(7)2)9-4-3-8(16)5-11(9)18/h3-6H,1-2H3. The van der Waals surface area contributed by atoms with Crippen LogP contribution in [-0.2, 0) is 7.05 Å². The molecule has 4 nitrogen and oxygen atoms in total. The van der Waals surface area contributed by atoms with Crippen LogP contribution < -0.4 is 5.56 Å². The molecule has 3 rings (SSSR count). The van der Waals surface area contributed by atoms with Crippen molar-refractivity contribution in [2.75, 3.05) is 0 Å². The molecular weight excluding hydrogens is 328 g/mol. The molecule has 0 spiro atoms. The van der Waals surface area contributed by atoms with Crippen LogP contribution >= 0.6 is 23.2 Å². The predicted molar refractivity (Wildman–Crippen MR) is 84.9 cm³/mol. The summed E-state index contributed by atoms with van der Waals surface area (Å²) in [6, 6.07) is 5.71. The Hall–Kier alpha value is -1.98. The van der Waals surface area contributed by atoms with Gasteiger partial charge in [0, 0.05) is 17.6 Å². The minimum absolute atomic E-state index is 0.102. The van der Waals surface area contributed by atoms with Crippen molar-refractivity contribution in [3.8, 4) is 11.3 Å². The number of rotatable bonds is 1. The van der Waals surface area contributed by atoms with E-state index >= 15 is 0 Å². The largest absolute Gasteiger partial charge is 0.298 e. The van der Waals surface area contributed by atoms with Gasteiger partial charge in [-0.25, -0.2) is 14.4 Å². The van der Waals surface area contributed by atoms with Crippen molar-refractivity contribution in [1.29, 1.82) is 0 Å². The van der Waals surface area contributed by atoms with Gasteiger partial charge in [-0.15, -0.1) is 0 Å². The lowest BCUT2D eigenvalue weighted by Gasteiger charge is -2.09. The van der Waals surface area contributed by atoms with Crippen molar-refractivity contribution >= 4 is 34.2 Å². The summed E-state index contributed by atoms with van der Waals surface area (Å²) in [4.78, 5) is 20.8. The second-order valence-corrected chi connectivity index (χ2v) is 5.68. The molecule has 112 valence electrons. The van der Waals surface area contributed by atoms with E-state index in [1.165, 1.54) is 22.8 Å². The van der Waals surface area contributed by atoms with Crippen LogP contribution in [0.2, 0.25) is 10.0 Å². The zero-order valence-corrected chi connectivity index (χ0v) is 13.2. The fraction of sp³-hybridized carbons (Fsp3) is 0.133. The highest BCUT2D eigenvalue weighted by atomic mass is 35.5. The average Bonchev–Trinajstić information content (AvgIpc) is 2.46. The third-order valence-corrected chi connectivity index (χ3v) is 3.94. The van der Waals surface area contributed by atoms with Crippen molar-refractivity contribution in [2.45, 2.75) is 6.92 Å². The molecule has 2 heterocycles. The molecule has 0 radical (unpaired) electrons. The second-order valence-electron chi connectivity index (χ2n) is 4.83. The van der Waals surface area contributed by atoms with E-state index < -0.39 is 5.82 Å². The van der Waals surface area contributed by atoms with Crippen molar-refractivity contribution in [3.05, 3.63) is 56.3 Å². The lowest BCUT2D eigenvalue weighted by atomic mass is 10.1. The van der Waals surface area contributed by atoms with Gasteiger partial charge < -0.3 is 0 Å². The van der Waals surface area contributed by atoms with Gasteiger partial charge in [0.2, 0.25) is 0 Å². The Bertz CT molecular complexity index is 969. The maximum Gasteiger partial charge on any atom is 0.279 e. The predicted octanol–water partition coefficient (Wildman–Crippen LogP) is 3.75. The topological polar surface area (TPSA) is 47.8 Å². The van der Waals surface area contributed by atoms with Crippen LogP contribution in [0.1, 0.15) is 5.82 Å². The molecule has 1 aromatic carbocycles. The number of hydrogen-bond donors (Lipinski definition) is 0. The summed E-state index contributed by atoms with van der Waals surface area (Å²) in [6.07, 6.45) is 0. The Labute approximate surface area is 135 Å². The summed E-state index contributed by atoms with van der Waals surface area (Å²) >= 11 is 11.9. The molecule has 0 saturated carbocycles. The number of benzene rings is 1. The molecule has 0 bridgehead atoms. The smallest absolute Gasteiger partial charge is 0.279 e. The Morgan fingerprint density at radius 2 is 1.86 bits per heavy atom. The fourth-order valence-corrected chi connectivity index (χ4v) is 2.53. The lowest BCUT2D eigenvalue weighted by molar-refractivity contribution is 0.631. The first-order valence-corrected chi connectivity index (χ1v) is 7.13. The molecule has 0 aliphatic rings. The zero-order valence-electron chi connectivity index (χ0n) is 11.7. The molecule has 0 aliphatic heterocycles. The highest BCUT2D eigenvalue weighted by Gasteiger charge is 2.15. The van der Waals surface area contributed by atoms with Gasteiger partial charge in [0.25, 0.3) is 5.56 Å². The summed E-state index contributed by atoms with van der Waals surface area (Å²) in [5.41, 5.74) is 0.552. The molecule has 0 atom stereocenters. The summed E-state index contributed by atoms with van der Waals surface area (Å²) in [5.74, 6) is -0.0149. The molecule has 3 aromatic rings. The van der Waals surface area contributed by atoms with E-state index in [4.69, 9.17) is 23.2 Å². The van der Waals surface area contributed by atoms with Crippen molar-refractivity contribution in [2.24, 2.45) is 7.05 Å². The Kier molecular flexibility index (Phi) is 3.62. The van der Waals surface area contributed by atoms with E-state index in [1.807, 2.05) is 0 Å². The van der Waals surface area contributed by atoms with E-state index in [1.54, 1.807) is 20.0 Å². The van der Waals surface area contributed by atoms with Crippen LogP contribution in [0, 0.1) is 12.7 Å². The molecular formula is C15H10Cl2FN3O. The van der Waals surface area contributed by atoms with Crippen molar-refractivity contribution in [3.63, 3.8) is 0 Å². The number of hydrogen-bond acceptors (Lipinski definition) is 3. The van der Waals surface area contributed by atoms with Crippen LogP contribution in [0.25, 0.3) is 22.3 Å². The van der Waals surface area contributed by atoms with Crippen molar-refractivity contribution < 1.29 is 4.39 Å². The number of aryl methyl sites for hydroxylation is 1. The quantitative estimate of drug-likeness (QED) is 0.679. The first kappa shape index (κ1) is 14.9.